The van der Waals surface area contributed by atoms with Crippen molar-refractivity contribution >= 4 is 45.2 Å². The van der Waals surface area contributed by atoms with Gasteiger partial charge in [-0.25, -0.2) is 0 Å². The van der Waals surface area contributed by atoms with Crippen LogP contribution >= 0.6 is 18.5 Å². The lowest BCUT2D eigenvalue weighted by molar-refractivity contribution is -0.126. The van der Waals surface area contributed by atoms with Crippen LogP contribution in [0.5, 0.6) is 5.75 Å². The van der Waals surface area contributed by atoms with E-state index in [2.05, 4.69) is 17.2 Å². The number of rotatable bonds is 5. The maximum Gasteiger partial charge on any atom is 0.393 e. The zero-order chi connectivity index (χ0) is 22.8. The molecule has 9 heteroatoms. The zero-order valence-corrected chi connectivity index (χ0v) is 19.0. The standard InChI is InChI=1S/C22H22F3N2O2PS/c1-29-19-12-14(30(2,3)28)9-10-18(19)27-11-5-8-20-16(13-22(23,24)25)15-6-4-7-17(26)21(15)31-20/h4,6-7,9-10,12,27H,11,13,26H2,1-3H3. The highest BCUT2D eigenvalue weighted by Gasteiger charge is 2.31. The van der Waals surface area contributed by atoms with Gasteiger partial charge < -0.3 is 20.4 Å². The molecule has 3 N–H and O–H groups in total. The molecule has 0 fully saturated rings. The van der Waals surface area contributed by atoms with Gasteiger partial charge in [0.25, 0.3) is 0 Å². The quantitative estimate of drug-likeness (QED) is 0.304. The summed E-state index contributed by atoms with van der Waals surface area (Å²) in [5.74, 6) is 6.27. The Morgan fingerprint density at radius 3 is 2.61 bits per heavy atom. The van der Waals surface area contributed by atoms with Crippen molar-refractivity contribution in [1.82, 2.24) is 0 Å². The van der Waals surface area contributed by atoms with Crippen molar-refractivity contribution < 1.29 is 22.5 Å². The molecule has 0 aliphatic heterocycles. The van der Waals surface area contributed by atoms with E-state index in [1.165, 1.54) is 18.4 Å². The van der Waals surface area contributed by atoms with Crippen LogP contribution < -0.4 is 21.1 Å². The highest BCUT2D eigenvalue weighted by Crippen LogP contribution is 2.38. The fourth-order valence-electron chi connectivity index (χ4n) is 3.09. The van der Waals surface area contributed by atoms with Gasteiger partial charge in [-0.15, -0.1) is 11.3 Å². The Bertz CT molecular complexity index is 1220. The van der Waals surface area contributed by atoms with Gasteiger partial charge in [-0.2, -0.15) is 13.2 Å². The summed E-state index contributed by atoms with van der Waals surface area (Å²) in [6, 6.07) is 10.2. The minimum absolute atomic E-state index is 0.149. The molecule has 4 nitrogen and oxygen atoms in total. The Hall–Kier alpha value is -2.62. The van der Waals surface area contributed by atoms with E-state index >= 15 is 0 Å². The number of alkyl halides is 3. The van der Waals surface area contributed by atoms with Crippen molar-refractivity contribution in [2.24, 2.45) is 0 Å². The van der Waals surface area contributed by atoms with Crippen molar-refractivity contribution in [3.63, 3.8) is 0 Å². The highest BCUT2D eigenvalue weighted by atomic mass is 32.1. The molecule has 164 valence electrons. The SMILES string of the molecule is COc1cc(P(C)(C)=O)ccc1NCC#Cc1sc2c(N)cccc2c1CC(F)(F)F. The fourth-order valence-corrected chi connectivity index (χ4v) is 5.08. The van der Waals surface area contributed by atoms with E-state index in [0.717, 1.165) is 0 Å². The second-order valence-electron chi connectivity index (χ2n) is 7.32. The Labute approximate surface area is 183 Å². The topological polar surface area (TPSA) is 64.3 Å². The van der Waals surface area contributed by atoms with Crippen molar-refractivity contribution in [1.29, 1.82) is 0 Å². The van der Waals surface area contributed by atoms with Crippen LogP contribution in [0.2, 0.25) is 0 Å². The van der Waals surface area contributed by atoms with E-state index in [1.54, 1.807) is 49.7 Å². The summed E-state index contributed by atoms with van der Waals surface area (Å²) in [5.41, 5.74) is 7.19. The summed E-state index contributed by atoms with van der Waals surface area (Å²) < 4.78 is 57.6. The molecule has 0 bridgehead atoms. The molecule has 31 heavy (non-hydrogen) atoms. The molecule has 0 aliphatic carbocycles. The number of benzene rings is 2. The van der Waals surface area contributed by atoms with Crippen molar-refractivity contribution in [3.8, 4) is 17.6 Å². The summed E-state index contributed by atoms with van der Waals surface area (Å²) in [6.07, 6.45) is -5.41. The number of anilines is 2. The van der Waals surface area contributed by atoms with Gasteiger partial charge >= 0.3 is 6.18 Å². The third-order valence-electron chi connectivity index (χ3n) is 4.60. The molecule has 0 spiro atoms. The number of nitrogens with one attached hydrogen (secondary N) is 1. The third kappa shape index (κ3) is 5.55. The molecule has 3 aromatic rings. The van der Waals surface area contributed by atoms with Crippen LogP contribution in [0.25, 0.3) is 10.1 Å². The Kier molecular flexibility index (Phi) is 6.59. The number of thiophene rings is 1. The molecule has 2 aromatic carbocycles. The normalized spacial score (nSPS) is 11.8. The van der Waals surface area contributed by atoms with E-state index in [-0.39, 0.29) is 12.1 Å². The Morgan fingerprint density at radius 2 is 1.97 bits per heavy atom. The van der Waals surface area contributed by atoms with Crippen molar-refractivity contribution in [2.45, 2.75) is 12.6 Å². The first-order chi connectivity index (χ1) is 14.5. The maximum absolute atomic E-state index is 13.1. The zero-order valence-electron chi connectivity index (χ0n) is 17.3. The average Bonchev–Trinajstić information content (AvgIpc) is 3.02. The van der Waals surface area contributed by atoms with E-state index in [4.69, 9.17) is 10.5 Å². The number of nitrogen functional groups attached to an aromatic ring is 1. The number of halogens is 3. The number of fused-ring (bicyclic) bond motifs is 1. The molecule has 1 aromatic heterocycles. The van der Waals surface area contributed by atoms with Crippen molar-refractivity contribution in [3.05, 3.63) is 46.8 Å². The van der Waals surface area contributed by atoms with E-state index in [9.17, 15) is 17.7 Å². The average molecular weight is 466 g/mol. The smallest absolute Gasteiger partial charge is 0.393 e. The first-order valence-electron chi connectivity index (χ1n) is 9.32. The molecule has 0 amide bonds. The van der Waals surface area contributed by atoms with E-state index < -0.39 is 19.7 Å². The molecule has 0 saturated heterocycles. The van der Waals surface area contributed by atoms with Gasteiger partial charge in [-0.1, -0.05) is 24.0 Å². The largest absolute Gasteiger partial charge is 0.495 e. The van der Waals surface area contributed by atoms with Crippen LogP contribution in [-0.4, -0.2) is 33.2 Å². The predicted molar refractivity (Wildman–Crippen MR) is 123 cm³/mol. The van der Waals surface area contributed by atoms with Gasteiger partial charge in [-0.3, -0.25) is 0 Å². The first kappa shape index (κ1) is 23.1. The maximum atomic E-state index is 13.1. The number of hydrogen-bond donors (Lipinski definition) is 2. The molecule has 0 atom stereocenters. The van der Waals surface area contributed by atoms with Gasteiger partial charge in [0.15, 0.2) is 0 Å². The lowest BCUT2D eigenvalue weighted by Crippen LogP contribution is -2.12. The number of nitrogens with two attached hydrogens (primary N) is 1. The van der Waals surface area contributed by atoms with Crippen LogP contribution in [0.3, 0.4) is 0 Å². The summed E-state index contributed by atoms with van der Waals surface area (Å²) in [4.78, 5) is 0.354. The number of methoxy groups -OCH3 is 1. The molecule has 1 heterocycles. The molecule has 0 saturated carbocycles. The van der Waals surface area contributed by atoms with Crippen LogP contribution in [0.4, 0.5) is 24.5 Å². The molecule has 0 aliphatic rings. The van der Waals surface area contributed by atoms with Crippen molar-refractivity contribution in [2.75, 3.05) is 38.0 Å². The molecule has 0 radical (unpaired) electrons. The van der Waals surface area contributed by atoms with Gasteiger partial charge in [0.05, 0.1) is 35.3 Å². The lowest BCUT2D eigenvalue weighted by Gasteiger charge is -2.13. The second-order valence-corrected chi connectivity index (χ2v) is 11.6. The Morgan fingerprint density at radius 1 is 1.23 bits per heavy atom. The number of ether oxygens (including phenoxy) is 1. The van der Waals surface area contributed by atoms with Gasteiger partial charge in [0.2, 0.25) is 0 Å². The summed E-state index contributed by atoms with van der Waals surface area (Å²) >= 11 is 1.17. The fraction of sp³-hybridized carbons (Fsp3) is 0.273. The van der Waals surface area contributed by atoms with Crippen LogP contribution in [-0.2, 0) is 11.0 Å². The summed E-state index contributed by atoms with van der Waals surface area (Å²) in [5, 5.41) is 4.28. The van der Waals surface area contributed by atoms with Gasteiger partial charge in [0, 0.05) is 11.0 Å². The van der Waals surface area contributed by atoms with E-state index in [1.807, 2.05) is 0 Å². The monoisotopic (exact) mass is 466 g/mol. The van der Waals surface area contributed by atoms with Crippen LogP contribution in [0.1, 0.15) is 10.4 Å². The van der Waals surface area contributed by atoms with E-state index in [0.29, 0.717) is 37.4 Å². The summed E-state index contributed by atoms with van der Waals surface area (Å²) in [6.45, 7) is 3.55. The second kappa shape index (κ2) is 8.86. The first-order valence-corrected chi connectivity index (χ1v) is 12.7. The molecule has 3 rings (SSSR count). The Balaban J connectivity index is 1.86. The minimum Gasteiger partial charge on any atom is -0.495 e. The highest BCUT2D eigenvalue weighted by molar-refractivity contribution is 7.70. The lowest BCUT2D eigenvalue weighted by atomic mass is 10.1. The van der Waals surface area contributed by atoms with Gasteiger partial charge in [0.1, 0.15) is 12.9 Å². The third-order valence-corrected chi connectivity index (χ3v) is 7.34. The van der Waals surface area contributed by atoms with Gasteiger partial charge in [-0.05, 0) is 48.5 Å². The molecular weight excluding hydrogens is 444 g/mol. The molecule has 0 unspecified atom stereocenters. The van der Waals surface area contributed by atoms with Crippen LogP contribution in [0.15, 0.2) is 36.4 Å². The minimum atomic E-state index is -4.35. The number of hydrogen-bond acceptors (Lipinski definition) is 5. The predicted octanol–water partition coefficient (Wildman–Crippen LogP) is 5.31. The summed E-state index contributed by atoms with van der Waals surface area (Å²) in [7, 11) is -0.917. The molecular formula is C22H22F3N2O2PS. The van der Waals surface area contributed by atoms with Crippen LogP contribution in [0, 0.1) is 11.8 Å².